The predicted molar refractivity (Wildman–Crippen MR) is 97.4 cm³/mol. The molecule has 2 N–H and O–H groups in total. The number of H-pyrrole nitrogens is 1. The van der Waals surface area contributed by atoms with E-state index in [1.807, 2.05) is 29.7 Å². The van der Waals surface area contributed by atoms with E-state index in [4.69, 9.17) is 0 Å². The molecule has 4 aromatic rings. The van der Waals surface area contributed by atoms with Crippen LogP contribution in [0, 0.1) is 6.92 Å². The number of benzene rings is 1. The van der Waals surface area contributed by atoms with E-state index in [0.717, 1.165) is 16.7 Å². The summed E-state index contributed by atoms with van der Waals surface area (Å²) in [6, 6.07) is 10.8. The van der Waals surface area contributed by atoms with Gasteiger partial charge < -0.3 is 10.3 Å². The first-order chi connectivity index (χ1) is 12.6. The van der Waals surface area contributed by atoms with Crippen molar-refractivity contribution in [3.05, 3.63) is 72.6 Å². The van der Waals surface area contributed by atoms with E-state index in [2.05, 4.69) is 20.3 Å². The van der Waals surface area contributed by atoms with Crippen LogP contribution in [0.1, 0.15) is 16.2 Å². The minimum absolute atomic E-state index is 0.344. The number of amides is 1. The Hall–Kier alpha value is -3.74. The lowest BCUT2D eigenvalue weighted by Gasteiger charge is -2.07. The van der Waals surface area contributed by atoms with E-state index >= 15 is 0 Å². The highest BCUT2D eigenvalue weighted by Crippen LogP contribution is 2.19. The maximum Gasteiger partial charge on any atom is 0.296 e. The van der Waals surface area contributed by atoms with Crippen molar-refractivity contribution in [2.75, 3.05) is 5.32 Å². The van der Waals surface area contributed by atoms with Gasteiger partial charge in [0.2, 0.25) is 0 Å². The number of nitrogens with zero attached hydrogens (tertiary/aromatic N) is 3. The topological polar surface area (TPSA) is 92.7 Å². The Morgan fingerprint density at radius 1 is 1.12 bits per heavy atom. The molecule has 3 aromatic heterocycles. The zero-order valence-corrected chi connectivity index (χ0v) is 13.9. The number of ketones is 1. The summed E-state index contributed by atoms with van der Waals surface area (Å²) in [4.78, 5) is 36.2. The molecule has 0 saturated heterocycles. The molecule has 0 bridgehead atoms. The highest BCUT2D eigenvalue weighted by molar-refractivity contribution is 6.48. The summed E-state index contributed by atoms with van der Waals surface area (Å²) in [5.74, 6) is 0.185. The van der Waals surface area contributed by atoms with E-state index < -0.39 is 11.7 Å². The van der Waals surface area contributed by atoms with Crippen LogP contribution in [0.25, 0.3) is 16.7 Å². The lowest BCUT2D eigenvalue weighted by atomic mass is 10.1. The second-order valence-electron chi connectivity index (χ2n) is 5.78. The number of carbonyl (C=O) groups excluding carboxylic acids is 2. The van der Waals surface area contributed by atoms with Gasteiger partial charge in [0, 0.05) is 29.5 Å². The Kier molecular flexibility index (Phi) is 3.81. The molecular weight excluding hydrogens is 330 g/mol. The van der Waals surface area contributed by atoms with Crippen LogP contribution in [0.3, 0.4) is 0 Å². The van der Waals surface area contributed by atoms with Crippen molar-refractivity contribution in [3.63, 3.8) is 0 Å². The van der Waals surface area contributed by atoms with Crippen LogP contribution in [0.15, 0.2) is 61.2 Å². The quantitative estimate of drug-likeness (QED) is 0.439. The fraction of sp³-hybridized carbons (Fsp3) is 0.0526. The number of aromatic amines is 1. The van der Waals surface area contributed by atoms with E-state index in [1.54, 1.807) is 36.8 Å². The number of para-hydroxylation sites is 1. The van der Waals surface area contributed by atoms with Gasteiger partial charge >= 0.3 is 0 Å². The fourth-order valence-electron chi connectivity index (χ4n) is 2.79. The van der Waals surface area contributed by atoms with Gasteiger partial charge in [-0.05, 0) is 25.1 Å². The number of rotatable bonds is 4. The number of carbonyl (C=O) groups is 2. The second kappa shape index (κ2) is 6.29. The zero-order chi connectivity index (χ0) is 18.1. The number of aryl methyl sites for hydroxylation is 1. The van der Waals surface area contributed by atoms with Gasteiger partial charge in [0.05, 0.1) is 17.4 Å². The summed E-state index contributed by atoms with van der Waals surface area (Å²) in [6.07, 6.45) is 6.55. The standard InChI is InChI=1S/C19H15N5O2/c1-12-20-8-9-24(12)17-7-6-13(10-22-17)23-19(26)18(25)15-11-21-16-5-3-2-4-14(15)16/h2-11,21H,1H3,(H,23,26). The number of anilines is 1. The normalized spacial score (nSPS) is 10.8. The molecule has 1 aromatic carbocycles. The Bertz CT molecular complexity index is 1110. The van der Waals surface area contributed by atoms with Crippen LogP contribution < -0.4 is 5.32 Å². The lowest BCUT2D eigenvalue weighted by Crippen LogP contribution is -2.22. The first-order valence-electron chi connectivity index (χ1n) is 8.01. The van der Waals surface area contributed by atoms with E-state index in [0.29, 0.717) is 17.1 Å². The number of pyridine rings is 1. The predicted octanol–water partition coefficient (Wildman–Crippen LogP) is 2.88. The summed E-state index contributed by atoms with van der Waals surface area (Å²) in [7, 11) is 0. The van der Waals surface area contributed by atoms with Gasteiger partial charge in [0.1, 0.15) is 11.6 Å². The van der Waals surface area contributed by atoms with E-state index in [9.17, 15) is 9.59 Å². The highest BCUT2D eigenvalue weighted by atomic mass is 16.2. The average molecular weight is 345 g/mol. The smallest absolute Gasteiger partial charge is 0.296 e. The van der Waals surface area contributed by atoms with Crippen molar-refractivity contribution >= 4 is 28.3 Å². The molecule has 1 amide bonds. The molecule has 0 atom stereocenters. The van der Waals surface area contributed by atoms with E-state index in [1.165, 1.54) is 6.20 Å². The van der Waals surface area contributed by atoms with Gasteiger partial charge in [-0.15, -0.1) is 0 Å². The van der Waals surface area contributed by atoms with Crippen LogP contribution >= 0.6 is 0 Å². The van der Waals surface area contributed by atoms with Crippen LogP contribution in [-0.2, 0) is 4.79 Å². The molecule has 7 heteroatoms. The summed E-state index contributed by atoms with van der Waals surface area (Å²) < 4.78 is 1.82. The molecule has 0 aliphatic rings. The van der Waals surface area contributed by atoms with Crippen molar-refractivity contribution in [2.45, 2.75) is 6.92 Å². The number of hydrogen-bond donors (Lipinski definition) is 2. The maximum absolute atomic E-state index is 12.5. The van der Waals surface area contributed by atoms with Gasteiger partial charge in [-0.1, -0.05) is 18.2 Å². The second-order valence-corrected chi connectivity index (χ2v) is 5.78. The number of aromatic nitrogens is 4. The van der Waals surface area contributed by atoms with Crippen molar-refractivity contribution in [1.82, 2.24) is 19.5 Å². The molecule has 0 saturated carbocycles. The third-order valence-electron chi connectivity index (χ3n) is 4.12. The van der Waals surface area contributed by atoms with Crippen LogP contribution in [0.5, 0.6) is 0 Å². The third kappa shape index (κ3) is 2.75. The number of hydrogen-bond acceptors (Lipinski definition) is 4. The molecular formula is C19H15N5O2. The number of nitrogens with one attached hydrogen (secondary N) is 2. The first kappa shape index (κ1) is 15.8. The van der Waals surface area contributed by atoms with Crippen molar-refractivity contribution in [2.24, 2.45) is 0 Å². The van der Waals surface area contributed by atoms with E-state index in [-0.39, 0.29) is 0 Å². The third-order valence-corrected chi connectivity index (χ3v) is 4.12. The highest BCUT2D eigenvalue weighted by Gasteiger charge is 2.20. The first-order valence-corrected chi connectivity index (χ1v) is 8.01. The maximum atomic E-state index is 12.5. The van der Waals surface area contributed by atoms with Crippen molar-refractivity contribution in [1.29, 1.82) is 0 Å². The summed E-state index contributed by atoms with van der Waals surface area (Å²) >= 11 is 0. The Morgan fingerprint density at radius 2 is 1.96 bits per heavy atom. The Balaban J connectivity index is 1.53. The minimum atomic E-state index is -0.705. The van der Waals surface area contributed by atoms with Crippen LogP contribution in [0.4, 0.5) is 5.69 Å². The summed E-state index contributed by atoms with van der Waals surface area (Å²) in [6.45, 7) is 1.87. The fourth-order valence-corrected chi connectivity index (χ4v) is 2.79. The average Bonchev–Trinajstić information content (AvgIpc) is 3.28. The van der Waals surface area contributed by atoms with Gasteiger partial charge in [0.25, 0.3) is 11.7 Å². The zero-order valence-electron chi connectivity index (χ0n) is 13.9. The van der Waals surface area contributed by atoms with Crippen molar-refractivity contribution in [3.8, 4) is 5.82 Å². The molecule has 4 rings (SSSR count). The molecule has 0 fully saturated rings. The monoisotopic (exact) mass is 345 g/mol. The molecule has 0 aliphatic carbocycles. The molecule has 7 nitrogen and oxygen atoms in total. The van der Waals surface area contributed by atoms with Crippen LogP contribution in [0.2, 0.25) is 0 Å². The number of Topliss-reactive ketones (excluding diaryl/α,β-unsaturated/α-hetero) is 1. The number of fused-ring (bicyclic) bond motifs is 1. The lowest BCUT2D eigenvalue weighted by molar-refractivity contribution is -0.112. The van der Waals surface area contributed by atoms with Gasteiger partial charge in [-0.25, -0.2) is 9.97 Å². The minimum Gasteiger partial charge on any atom is -0.360 e. The largest absolute Gasteiger partial charge is 0.360 e. The van der Waals surface area contributed by atoms with Gasteiger partial charge in [-0.2, -0.15) is 0 Å². The molecule has 3 heterocycles. The van der Waals surface area contributed by atoms with Crippen molar-refractivity contribution < 1.29 is 9.59 Å². The molecule has 0 spiro atoms. The summed E-state index contributed by atoms with van der Waals surface area (Å²) in [5, 5.41) is 3.31. The molecule has 26 heavy (non-hydrogen) atoms. The van der Waals surface area contributed by atoms with Gasteiger partial charge in [0.15, 0.2) is 0 Å². The SMILES string of the molecule is Cc1nccn1-c1ccc(NC(=O)C(=O)c2c[nH]c3ccccc23)cn1. The number of imidazole rings is 1. The Labute approximate surface area is 148 Å². The molecule has 128 valence electrons. The molecule has 0 radical (unpaired) electrons. The van der Waals surface area contributed by atoms with Crippen LogP contribution in [-0.4, -0.2) is 31.2 Å². The summed E-state index contributed by atoms with van der Waals surface area (Å²) in [5.41, 5.74) is 1.60. The molecule has 0 aliphatic heterocycles. The Morgan fingerprint density at radius 3 is 2.69 bits per heavy atom. The molecule has 0 unspecified atom stereocenters. The van der Waals surface area contributed by atoms with Gasteiger partial charge in [-0.3, -0.25) is 14.2 Å².